The van der Waals surface area contributed by atoms with Crippen molar-refractivity contribution in [1.29, 1.82) is 0 Å². The van der Waals surface area contributed by atoms with Gasteiger partial charge in [-0.1, -0.05) is 78.9 Å². The molecule has 0 fully saturated rings. The van der Waals surface area contributed by atoms with Crippen LogP contribution in [0.4, 0.5) is 0 Å². The number of amides is 1. The second kappa shape index (κ2) is 7.19. The molecule has 0 unspecified atom stereocenters. The predicted molar refractivity (Wildman–Crippen MR) is 107 cm³/mol. The summed E-state index contributed by atoms with van der Waals surface area (Å²) < 4.78 is 0. The van der Waals surface area contributed by atoms with Gasteiger partial charge in [0.25, 0.3) is 0 Å². The van der Waals surface area contributed by atoms with E-state index in [1.54, 1.807) is 6.21 Å². The Morgan fingerprint density at radius 2 is 1.54 bits per heavy atom. The van der Waals surface area contributed by atoms with Gasteiger partial charge in [0, 0.05) is 0 Å². The van der Waals surface area contributed by atoms with Crippen LogP contribution in [0.1, 0.15) is 11.1 Å². The fourth-order valence-electron chi connectivity index (χ4n) is 3.13. The molecule has 4 aromatic carbocycles. The molecule has 3 heteroatoms. The second-order valence-electron chi connectivity index (χ2n) is 6.21. The van der Waals surface area contributed by atoms with Crippen LogP contribution in [0.2, 0.25) is 0 Å². The lowest BCUT2D eigenvalue weighted by Crippen LogP contribution is -2.19. The Morgan fingerprint density at radius 1 is 0.808 bits per heavy atom. The summed E-state index contributed by atoms with van der Waals surface area (Å²) in [6.45, 7) is 0. The van der Waals surface area contributed by atoms with E-state index in [4.69, 9.17) is 0 Å². The van der Waals surface area contributed by atoms with Gasteiger partial charge in [0.05, 0.1) is 12.6 Å². The van der Waals surface area contributed by atoms with Crippen molar-refractivity contribution < 1.29 is 4.79 Å². The van der Waals surface area contributed by atoms with E-state index in [9.17, 15) is 4.79 Å². The highest BCUT2D eigenvalue weighted by atomic mass is 16.2. The molecule has 1 N–H and O–H groups in total. The number of benzene rings is 4. The molecule has 0 aliphatic carbocycles. The molecule has 0 bridgehead atoms. The first-order valence-corrected chi connectivity index (χ1v) is 8.57. The molecule has 3 nitrogen and oxygen atoms in total. The van der Waals surface area contributed by atoms with Crippen LogP contribution in [-0.4, -0.2) is 12.1 Å². The fourth-order valence-corrected chi connectivity index (χ4v) is 3.13. The number of nitrogens with one attached hydrogen (secondary N) is 1. The van der Waals surface area contributed by atoms with Crippen LogP contribution in [0.5, 0.6) is 0 Å². The maximum absolute atomic E-state index is 12.2. The zero-order valence-corrected chi connectivity index (χ0v) is 14.2. The van der Waals surface area contributed by atoms with E-state index in [0.29, 0.717) is 6.42 Å². The Hall–Kier alpha value is -3.46. The highest BCUT2D eigenvalue weighted by Crippen LogP contribution is 2.19. The largest absolute Gasteiger partial charge is 0.273 e. The van der Waals surface area contributed by atoms with Gasteiger partial charge in [0.1, 0.15) is 0 Å². The molecule has 0 heterocycles. The standard InChI is InChI=1S/C23H18N2O/c26-23(15-21-10-5-9-19-7-3-4-11-22(19)21)25-24-16-17-12-13-18-6-1-2-8-20(18)14-17/h1-14,16H,15H2,(H,25,26)/b24-16-. The third kappa shape index (κ3) is 3.47. The molecule has 0 aliphatic heterocycles. The molecule has 4 aromatic rings. The summed E-state index contributed by atoms with van der Waals surface area (Å²) in [6, 6.07) is 28.3. The first kappa shape index (κ1) is 16.0. The van der Waals surface area contributed by atoms with Gasteiger partial charge in [-0.05, 0) is 38.7 Å². The number of hydrazone groups is 1. The van der Waals surface area contributed by atoms with Crippen molar-refractivity contribution in [2.75, 3.05) is 0 Å². The molecule has 0 atom stereocenters. The Kier molecular flexibility index (Phi) is 4.44. The smallest absolute Gasteiger partial charge is 0.244 e. The Balaban J connectivity index is 1.45. The molecule has 0 saturated heterocycles. The summed E-state index contributed by atoms with van der Waals surface area (Å²) >= 11 is 0. The summed E-state index contributed by atoms with van der Waals surface area (Å²) in [5.74, 6) is -0.126. The van der Waals surface area contributed by atoms with Crippen molar-refractivity contribution in [3.63, 3.8) is 0 Å². The van der Waals surface area contributed by atoms with Gasteiger partial charge >= 0.3 is 0 Å². The number of nitrogens with zero attached hydrogens (tertiary/aromatic N) is 1. The van der Waals surface area contributed by atoms with Gasteiger partial charge in [0.15, 0.2) is 0 Å². The lowest BCUT2D eigenvalue weighted by molar-refractivity contribution is -0.120. The van der Waals surface area contributed by atoms with Crippen LogP contribution in [0.3, 0.4) is 0 Å². The van der Waals surface area contributed by atoms with Crippen LogP contribution in [0.15, 0.2) is 90.0 Å². The lowest BCUT2D eigenvalue weighted by Gasteiger charge is -2.05. The van der Waals surface area contributed by atoms with E-state index in [0.717, 1.165) is 27.3 Å². The molecule has 0 aromatic heterocycles. The first-order chi connectivity index (χ1) is 12.8. The summed E-state index contributed by atoms with van der Waals surface area (Å²) in [5.41, 5.74) is 4.58. The Labute approximate surface area is 152 Å². The van der Waals surface area contributed by atoms with Gasteiger partial charge < -0.3 is 0 Å². The van der Waals surface area contributed by atoms with Crippen molar-refractivity contribution >= 4 is 33.7 Å². The zero-order chi connectivity index (χ0) is 17.8. The van der Waals surface area contributed by atoms with Crippen LogP contribution >= 0.6 is 0 Å². The summed E-state index contributed by atoms with van der Waals surface area (Å²) in [5, 5.41) is 8.67. The van der Waals surface area contributed by atoms with Crippen LogP contribution < -0.4 is 5.43 Å². The molecule has 4 rings (SSSR count). The highest BCUT2D eigenvalue weighted by molar-refractivity contribution is 5.92. The average Bonchev–Trinajstić information content (AvgIpc) is 2.68. The number of fused-ring (bicyclic) bond motifs is 2. The number of hydrogen-bond donors (Lipinski definition) is 1. The van der Waals surface area contributed by atoms with Gasteiger partial charge in [-0.15, -0.1) is 0 Å². The van der Waals surface area contributed by atoms with E-state index in [2.05, 4.69) is 46.9 Å². The molecule has 126 valence electrons. The zero-order valence-electron chi connectivity index (χ0n) is 14.2. The third-order valence-corrected chi connectivity index (χ3v) is 4.41. The van der Waals surface area contributed by atoms with Crippen molar-refractivity contribution in [3.8, 4) is 0 Å². The third-order valence-electron chi connectivity index (χ3n) is 4.41. The number of carbonyl (C=O) groups excluding carboxylic acids is 1. The lowest BCUT2D eigenvalue weighted by atomic mass is 10.0. The van der Waals surface area contributed by atoms with E-state index in [1.807, 2.05) is 48.5 Å². The molecular weight excluding hydrogens is 320 g/mol. The van der Waals surface area contributed by atoms with Crippen molar-refractivity contribution in [3.05, 3.63) is 96.1 Å². The van der Waals surface area contributed by atoms with Crippen molar-refractivity contribution in [1.82, 2.24) is 5.43 Å². The maximum atomic E-state index is 12.2. The molecule has 0 radical (unpaired) electrons. The van der Waals surface area contributed by atoms with Crippen LogP contribution in [0.25, 0.3) is 21.5 Å². The van der Waals surface area contributed by atoms with Crippen LogP contribution in [0, 0.1) is 0 Å². The number of rotatable bonds is 4. The Bertz CT molecular complexity index is 1110. The topological polar surface area (TPSA) is 41.5 Å². The van der Waals surface area contributed by atoms with E-state index in [1.165, 1.54) is 5.39 Å². The number of hydrogen-bond acceptors (Lipinski definition) is 2. The van der Waals surface area contributed by atoms with Gasteiger partial charge in [0.2, 0.25) is 5.91 Å². The molecule has 1 amide bonds. The predicted octanol–water partition coefficient (Wildman–Crippen LogP) is 4.69. The van der Waals surface area contributed by atoms with E-state index in [-0.39, 0.29) is 5.91 Å². The molecule has 0 aliphatic rings. The van der Waals surface area contributed by atoms with Crippen LogP contribution in [-0.2, 0) is 11.2 Å². The van der Waals surface area contributed by atoms with E-state index >= 15 is 0 Å². The summed E-state index contributed by atoms with van der Waals surface area (Å²) in [4.78, 5) is 12.2. The minimum absolute atomic E-state index is 0.126. The molecular formula is C23H18N2O. The Morgan fingerprint density at radius 3 is 2.42 bits per heavy atom. The quantitative estimate of drug-likeness (QED) is 0.426. The summed E-state index contributed by atoms with van der Waals surface area (Å²) in [6.07, 6.45) is 1.98. The molecule has 0 saturated carbocycles. The normalized spacial score (nSPS) is 11.2. The number of carbonyl (C=O) groups is 1. The van der Waals surface area contributed by atoms with Gasteiger partial charge in [-0.25, -0.2) is 5.43 Å². The highest BCUT2D eigenvalue weighted by Gasteiger charge is 2.05. The fraction of sp³-hybridized carbons (Fsp3) is 0.0435. The summed E-state index contributed by atoms with van der Waals surface area (Å²) in [7, 11) is 0. The van der Waals surface area contributed by atoms with Crippen molar-refractivity contribution in [2.45, 2.75) is 6.42 Å². The van der Waals surface area contributed by atoms with Gasteiger partial charge in [-0.3, -0.25) is 4.79 Å². The monoisotopic (exact) mass is 338 g/mol. The minimum atomic E-state index is -0.126. The first-order valence-electron chi connectivity index (χ1n) is 8.57. The molecule has 26 heavy (non-hydrogen) atoms. The minimum Gasteiger partial charge on any atom is -0.273 e. The maximum Gasteiger partial charge on any atom is 0.244 e. The van der Waals surface area contributed by atoms with Crippen molar-refractivity contribution in [2.24, 2.45) is 5.10 Å². The SMILES string of the molecule is O=C(Cc1cccc2ccccc12)N/N=C\c1ccc2ccccc2c1. The van der Waals surface area contributed by atoms with E-state index < -0.39 is 0 Å². The second-order valence-corrected chi connectivity index (χ2v) is 6.21. The average molecular weight is 338 g/mol. The molecule has 0 spiro atoms. The van der Waals surface area contributed by atoms with Gasteiger partial charge in [-0.2, -0.15) is 5.10 Å².